The minimum atomic E-state index is -2.73. The molecule has 2 aliphatic heterocycles. The summed E-state index contributed by atoms with van der Waals surface area (Å²) in [6.07, 6.45) is 3.17. The second-order valence-electron chi connectivity index (χ2n) is 12.4. The SMILES string of the molecule is CC#Cc1cn([C@@H]2S[C@H](CO[Si](c3ccccc3)(c3ccccc3)C(C)(C)C)[C@H]3OC(C)(C)O[C@H]32)c2ncnc(N)c12. The first-order valence-corrected chi connectivity index (χ1v) is 17.2. The Morgan fingerprint density at radius 1 is 1.00 bits per heavy atom. The highest BCUT2D eigenvalue weighted by Gasteiger charge is 2.57. The van der Waals surface area contributed by atoms with E-state index in [0.717, 1.165) is 16.6 Å². The predicted octanol–water partition coefficient (Wildman–Crippen LogP) is 5.10. The van der Waals surface area contributed by atoms with Crippen molar-refractivity contribution in [1.82, 2.24) is 14.5 Å². The number of rotatable bonds is 6. The van der Waals surface area contributed by atoms with E-state index in [-0.39, 0.29) is 27.9 Å². The largest absolute Gasteiger partial charge is 0.406 e. The van der Waals surface area contributed by atoms with Crippen LogP contribution in [0.4, 0.5) is 5.82 Å². The molecule has 2 fully saturated rings. The van der Waals surface area contributed by atoms with E-state index in [2.05, 4.69) is 108 Å². The van der Waals surface area contributed by atoms with Crippen molar-refractivity contribution >= 4 is 47.3 Å². The van der Waals surface area contributed by atoms with Crippen molar-refractivity contribution in [1.29, 1.82) is 0 Å². The first kappa shape index (κ1) is 29.0. The van der Waals surface area contributed by atoms with Crippen molar-refractivity contribution in [2.45, 2.75) is 75.2 Å². The number of nitrogen functional groups attached to an aromatic ring is 1. The number of aromatic nitrogens is 3. The van der Waals surface area contributed by atoms with Gasteiger partial charge in [0.1, 0.15) is 35.4 Å². The van der Waals surface area contributed by atoms with E-state index < -0.39 is 14.1 Å². The van der Waals surface area contributed by atoms with Gasteiger partial charge in [-0.1, -0.05) is 87.4 Å². The molecular weight excluding hydrogens is 561 g/mol. The molecule has 6 rings (SSSR count). The number of nitrogens with two attached hydrogens (primary N) is 1. The van der Waals surface area contributed by atoms with Crippen LogP contribution in [0.5, 0.6) is 0 Å². The summed E-state index contributed by atoms with van der Waals surface area (Å²) < 4.78 is 22.7. The van der Waals surface area contributed by atoms with Gasteiger partial charge in [0.25, 0.3) is 8.32 Å². The van der Waals surface area contributed by atoms with Crippen molar-refractivity contribution in [2.75, 3.05) is 12.3 Å². The lowest BCUT2D eigenvalue weighted by atomic mass is 10.1. The van der Waals surface area contributed by atoms with Gasteiger partial charge in [0.05, 0.1) is 16.2 Å². The average Bonchev–Trinajstić information content (AvgIpc) is 3.59. The lowest BCUT2D eigenvalue weighted by molar-refractivity contribution is -0.149. The molecular formula is C33H38N4O3SSi. The molecule has 0 amide bonds. The highest BCUT2D eigenvalue weighted by molar-refractivity contribution is 8.00. The molecule has 0 saturated carbocycles. The fourth-order valence-electron chi connectivity index (χ4n) is 6.52. The third-order valence-electron chi connectivity index (χ3n) is 8.18. The van der Waals surface area contributed by atoms with Crippen LogP contribution in [-0.4, -0.2) is 52.7 Å². The van der Waals surface area contributed by atoms with Gasteiger partial charge in [-0.2, -0.15) is 0 Å². The van der Waals surface area contributed by atoms with Gasteiger partial charge in [0, 0.05) is 12.8 Å². The van der Waals surface area contributed by atoms with Gasteiger partial charge in [-0.05, 0) is 36.2 Å². The lowest BCUT2D eigenvalue weighted by Gasteiger charge is -2.43. The van der Waals surface area contributed by atoms with Crippen LogP contribution >= 0.6 is 11.8 Å². The monoisotopic (exact) mass is 598 g/mol. The summed E-state index contributed by atoms with van der Waals surface area (Å²) in [7, 11) is -2.73. The molecule has 0 bridgehead atoms. The highest BCUT2D eigenvalue weighted by Crippen LogP contribution is 2.52. The summed E-state index contributed by atoms with van der Waals surface area (Å²) in [6.45, 7) is 13.2. The van der Waals surface area contributed by atoms with Crippen LogP contribution in [0.3, 0.4) is 0 Å². The third kappa shape index (κ3) is 4.85. The Morgan fingerprint density at radius 3 is 2.21 bits per heavy atom. The second kappa shape index (κ2) is 10.9. The number of hydrogen-bond donors (Lipinski definition) is 1. The smallest absolute Gasteiger partial charge is 0.261 e. The fourth-order valence-corrected chi connectivity index (χ4v) is 12.8. The number of benzene rings is 2. The van der Waals surface area contributed by atoms with Gasteiger partial charge >= 0.3 is 0 Å². The molecule has 0 spiro atoms. The van der Waals surface area contributed by atoms with E-state index in [1.54, 1.807) is 0 Å². The maximum atomic E-state index is 7.37. The first-order chi connectivity index (χ1) is 20.1. The van der Waals surface area contributed by atoms with Crippen molar-refractivity contribution in [2.24, 2.45) is 0 Å². The Bertz CT molecular complexity index is 1600. The van der Waals surface area contributed by atoms with Crippen molar-refractivity contribution in [3.8, 4) is 11.8 Å². The van der Waals surface area contributed by atoms with E-state index >= 15 is 0 Å². The Hall–Kier alpha value is -3.13. The number of hydrogen-bond acceptors (Lipinski definition) is 7. The summed E-state index contributed by atoms with van der Waals surface area (Å²) in [4.78, 5) is 8.87. The zero-order valence-electron chi connectivity index (χ0n) is 25.0. The topological polar surface area (TPSA) is 84.4 Å². The lowest BCUT2D eigenvalue weighted by Crippen LogP contribution is -2.67. The molecule has 4 heterocycles. The number of fused-ring (bicyclic) bond motifs is 2. The molecule has 0 unspecified atom stereocenters. The van der Waals surface area contributed by atoms with E-state index in [9.17, 15) is 0 Å². The summed E-state index contributed by atoms with van der Waals surface area (Å²) >= 11 is 1.81. The zero-order chi connectivity index (χ0) is 29.7. The number of anilines is 1. The minimum Gasteiger partial charge on any atom is -0.406 e. The molecule has 2 aliphatic rings. The predicted molar refractivity (Wildman–Crippen MR) is 172 cm³/mol. The summed E-state index contributed by atoms with van der Waals surface area (Å²) in [6, 6.07) is 21.5. The molecule has 7 nitrogen and oxygen atoms in total. The molecule has 0 aliphatic carbocycles. The second-order valence-corrected chi connectivity index (χ2v) is 18.1. The average molecular weight is 599 g/mol. The van der Waals surface area contributed by atoms with Crippen LogP contribution in [0.25, 0.3) is 11.0 Å². The van der Waals surface area contributed by atoms with E-state index in [1.165, 1.54) is 16.7 Å². The normalized spacial score (nSPS) is 23.5. The number of ether oxygens (including phenoxy) is 2. The molecule has 4 atom stereocenters. The Kier molecular flexibility index (Phi) is 7.48. The minimum absolute atomic E-state index is 0.0285. The Morgan fingerprint density at radius 2 is 1.62 bits per heavy atom. The quantitative estimate of drug-likeness (QED) is 0.244. The number of thioether (sulfide) groups is 1. The highest BCUT2D eigenvalue weighted by atomic mass is 32.2. The van der Waals surface area contributed by atoms with Crippen LogP contribution in [0, 0.1) is 11.8 Å². The Balaban J connectivity index is 1.40. The molecule has 42 heavy (non-hydrogen) atoms. The molecule has 2 saturated heterocycles. The van der Waals surface area contributed by atoms with Crippen molar-refractivity contribution in [3.63, 3.8) is 0 Å². The Labute approximate surface area is 253 Å². The molecule has 2 N–H and O–H groups in total. The van der Waals surface area contributed by atoms with E-state index in [0.29, 0.717) is 12.4 Å². The van der Waals surface area contributed by atoms with Gasteiger partial charge in [-0.3, -0.25) is 0 Å². The molecule has 0 radical (unpaired) electrons. The molecule has 4 aromatic rings. The molecule has 2 aromatic carbocycles. The van der Waals surface area contributed by atoms with E-state index in [1.807, 2.05) is 38.7 Å². The van der Waals surface area contributed by atoms with E-state index in [4.69, 9.17) is 19.6 Å². The van der Waals surface area contributed by atoms with Crippen LogP contribution in [0.15, 0.2) is 73.2 Å². The van der Waals surface area contributed by atoms with Gasteiger partial charge in [-0.25, -0.2) is 9.97 Å². The van der Waals surface area contributed by atoms with Gasteiger partial charge in [-0.15, -0.1) is 17.7 Å². The van der Waals surface area contributed by atoms with Crippen LogP contribution in [0.2, 0.25) is 5.04 Å². The van der Waals surface area contributed by atoms with Crippen LogP contribution in [0.1, 0.15) is 52.5 Å². The van der Waals surface area contributed by atoms with Crippen LogP contribution < -0.4 is 16.1 Å². The summed E-state index contributed by atoms with van der Waals surface area (Å²) in [5, 5.41) is 3.09. The van der Waals surface area contributed by atoms with Gasteiger partial charge in [0.15, 0.2) is 5.79 Å². The van der Waals surface area contributed by atoms with Crippen molar-refractivity contribution in [3.05, 3.63) is 78.8 Å². The first-order valence-electron chi connectivity index (χ1n) is 14.4. The fraction of sp³-hybridized carbons (Fsp3) is 0.394. The van der Waals surface area contributed by atoms with Crippen LogP contribution in [-0.2, 0) is 13.9 Å². The van der Waals surface area contributed by atoms with Gasteiger partial charge < -0.3 is 24.2 Å². The molecule has 2 aromatic heterocycles. The summed E-state index contributed by atoms with van der Waals surface area (Å²) in [5.74, 6) is 5.90. The maximum Gasteiger partial charge on any atom is 0.261 e. The molecule has 218 valence electrons. The summed E-state index contributed by atoms with van der Waals surface area (Å²) in [5.41, 5.74) is 7.87. The van der Waals surface area contributed by atoms with Crippen molar-refractivity contribution < 1.29 is 13.9 Å². The van der Waals surface area contributed by atoms with Gasteiger partial charge in [0.2, 0.25) is 0 Å². The standard InChI is InChI=1S/C33H38N4O3SSi/c1-7-14-22-19-37(30-26(22)29(34)35-21-36-30)31-28-27(39-33(5,6)40-28)25(41-31)20-38-42(32(2,3)4,23-15-10-8-11-16-23)24-17-12-9-13-18-24/h8-13,15-19,21,25,27-28,31H,20H2,1-6H3,(H2,34,35,36)/t25-,27-,28-,31-/m1/s1. The maximum absolute atomic E-state index is 7.37. The zero-order valence-corrected chi connectivity index (χ0v) is 26.8. The number of nitrogens with zero attached hydrogens (tertiary/aromatic N) is 3. The molecule has 9 heteroatoms. The third-order valence-corrected chi connectivity index (χ3v) is 14.7.